The third-order valence-corrected chi connectivity index (χ3v) is 2.18. The fourth-order valence-corrected chi connectivity index (χ4v) is 1.29. The normalized spacial score (nSPS) is 11.4. The van der Waals surface area contributed by atoms with Crippen molar-refractivity contribution >= 4 is 24.0 Å². The Bertz CT molecular complexity index is 396. The molecule has 0 aliphatic rings. The Hall–Kier alpha value is 0.541. The van der Waals surface area contributed by atoms with Gasteiger partial charge in [-0.3, -0.25) is 0 Å². The Labute approximate surface area is 146 Å². The first-order valence-electron chi connectivity index (χ1n) is 4.63. The van der Waals surface area contributed by atoms with E-state index in [4.69, 9.17) is 16.3 Å². The summed E-state index contributed by atoms with van der Waals surface area (Å²) in [5, 5.41) is 0. The second-order valence-electron chi connectivity index (χ2n) is 3.27. The molecule has 0 N–H and O–H groups in total. The van der Waals surface area contributed by atoms with Crippen molar-refractivity contribution < 1.29 is 69.1 Å². The number of aryl methyl sites for hydroxylation is 1. The average Bonchev–Trinajstić information content (AvgIpc) is 2.19. The minimum absolute atomic E-state index is 0. The summed E-state index contributed by atoms with van der Waals surface area (Å²) in [7, 11) is 0. The van der Waals surface area contributed by atoms with Crippen LogP contribution >= 0.6 is 11.6 Å². The van der Waals surface area contributed by atoms with E-state index in [2.05, 4.69) is 0 Å². The van der Waals surface area contributed by atoms with E-state index in [9.17, 15) is 12.9 Å². The second-order valence-corrected chi connectivity index (χ2v) is 3.52. The summed E-state index contributed by atoms with van der Waals surface area (Å²) in [5.41, 5.74) is 1.14. The molecule has 0 radical (unpaired) electrons. The molecule has 0 amide bonds. The van der Waals surface area contributed by atoms with Crippen molar-refractivity contribution in [2.45, 2.75) is 6.92 Å². The quantitative estimate of drug-likeness (QED) is 0.719. The minimum Gasteiger partial charge on any atom is -0.489 e. The SMILES string of the molecule is Cc1cc([B-](F)(F)F)ccc1OC/C=C/Cl.[K+]. The van der Waals surface area contributed by atoms with Gasteiger partial charge in [0.1, 0.15) is 12.4 Å². The van der Waals surface area contributed by atoms with E-state index in [-0.39, 0.29) is 58.0 Å². The molecule has 1 aromatic carbocycles. The van der Waals surface area contributed by atoms with Gasteiger partial charge in [0.25, 0.3) is 0 Å². The van der Waals surface area contributed by atoms with Gasteiger partial charge in [0.15, 0.2) is 0 Å². The van der Waals surface area contributed by atoms with Crippen molar-refractivity contribution in [2.24, 2.45) is 0 Å². The zero-order chi connectivity index (χ0) is 12.2. The van der Waals surface area contributed by atoms with E-state index in [1.807, 2.05) is 0 Å². The molecule has 0 saturated carbocycles. The molecule has 1 nitrogen and oxygen atoms in total. The smallest absolute Gasteiger partial charge is 0.489 e. The van der Waals surface area contributed by atoms with Gasteiger partial charge in [-0.2, -0.15) is 0 Å². The van der Waals surface area contributed by atoms with Crippen molar-refractivity contribution in [3.8, 4) is 5.75 Å². The van der Waals surface area contributed by atoms with Gasteiger partial charge in [0.2, 0.25) is 0 Å². The molecular weight excluding hydrogens is 278 g/mol. The Kier molecular flexibility index (Phi) is 8.11. The molecule has 1 aromatic rings. The summed E-state index contributed by atoms with van der Waals surface area (Å²) in [6.45, 7) is -3.14. The fraction of sp³-hybridized carbons (Fsp3) is 0.200. The van der Waals surface area contributed by atoms with E-state index in [1.54, 1.807) is 13.0 Å². The first-order valence-corrected chi connectivity index (χ1v) is 5.07. The van der Waals surface area contributed by atoms with Gasteiger partial charge in [-0.15, -0.1) is 5.46 Å². The number of benzene rings is 1. The summed E-state index contributed by atoms with van der Waals surface area (Å²) in [6.07, 6.45) is 1.56. The van der Waals surface area contributed by atoms with Crippen molar-refractivity contribution in [2.75, 3.05) is 6.61 Å². The van der Waals surface area contributed by atoms with Crippen LogP contribution in [0.4, 0.5) is 12.9 Å². The van der Waals surface area contributed by atoms with Crippen LogP contribution in [0.1, 0.15) is 5.56 Å². The molecule has 0 aliphatic carbocycles. The third-order valence-electron chi connectivity index (χ3n) is 2.00. The molecule has 0 saturated heterocycles. The third kappa shape index (κ3) is 5.81. The van der Waals surface area contributed by atoms with Gasteiger partial charge in [-0.25, -0.2) is 0 Å². The van der Waals surface area contributed by atoms with Gasteiger partial charge < -0.3 is 17.7 Å². The molecule has 88 valence electrons. The van der Waals surface area contributed by atoms with Crippen LogP contribution in [0.3, 0.4) is 0 Å². The predicted octanol–water partition coefficient (Wildman–Crippen LogP) is 0.185. The van der Waals surface area contributed by atoms with Crippen LogP contribution in [0.15, 0.2) is 29.8 Å². The molecule has 0 aliphatic heterocycles. The van der Waals surface area contributed by atoms with Crippen LogP contribution in [-0.4, -0.2) is 13.6 Å². The molecule has 17 heavy (non-hydrogen) atoms. The van der Waals surface area contributed by atoms with Crippen LogP contribution < -0.4 is 61.6 Å². The Morgan fingerprint density at radius 1 is 1.35 bits per heavy atom. The van der Waals surface area contributed by atoms with E-state index in [1.165, 1.54) is 11.6 Å². The van der Waals surface area contributed by atoms with Gasteiger partial charge >= 0.3 is 58.4 Å². The Morgan fingerprint density at radius 3 is 2.47 bits per heavy atom. The van der Waals surface area contributed by atoms with Crippen molar-refractivity contribution in [3.63, 3.8) is 0 Å². The molecule has 0 spiro atoms. The van der Waals surface area contributed by atoms with E-state index in [0.29, 0.717) is 11.3 Å². The largest absolute Gasteiger partial charge is 1.00 e. The van der Waals surface area contributed by atoms with Crippen molar-refractivity contribution in [1.82, 2.24) is 0 Å². The number of hydrogen-bond acceptors (Lipinski definition) is 1. The maximum atomic E-state index is 12.4. The molecule has 0 unspecified atom stereocenters. The first kappa shape index (κ1) is 17.5. The summed E-state index contributed by atoms with van der Waals surface area (Å²) in [5.74, 6) is 0.429. The maximum absolute atomic E-state index is 12.4. The van der Waals surface area contributed by atoms with Gasteiger partial charge in [-0.05, 0) is 24.6 Å². The van der Waals surface area contributed by atoms with Crippen LogP contribution in [0.2, 0.25) is 0 Å². The summed E-state index contributed by atoms with van der Waals surface area (Å²) < 4.78 is 42.4. The van der Waals surface area contributed by atoms with Crippen LogP contribution in [0.5, 0.6) is 5.75 Å². The average molecular weight is 289 g/mol. The first-order chi connectivity index (χ1) is 7.45. The Balaban J connectivity index is 0.00000256. The maximum Gasteiger partial charge on any atom is 1.00 e. The van der Waals surface area contributed by atoms with Crippen LogP contribution in [-0.2, 0) is 0 Å². The molecule has 7 heteroatoms. The second kappa shape index (κ2) is 7.86. The van der Waals surface area contributed by atoms with Crippen molar-refractivity contribution in [3.05, 3.63) is 35.4 Å². The minimum atomic E-state index is -4.95. The van der Waals surface area contributed by atoms with Crippen LogP contribution in [0.25, 0.3) is 0 Å². The molecule has 1 rings (SSSR count). The van der Waals surface area contributed by atoms with Gasteiger partial charge in [-0.1, -0.05) is 23.7 Å². The van der Waals surface area contributed by atoms with E-state index >= 15 is 0 Å². The molecule has 0 atom stereocenters. The van der Waals surface area contributed by atoms with Crippen LogP contribution in [0, 0.1) is 6.92 Å². The Morgan fingerprint density at radius 2 is 2.00 bits per heavy atom. The summed E-state index contributed by atoms with van der Waals surface area (Å²) in [6, 6.07) is 3.43. The van der Waals surface area contributed by atoms with E-state index < -0.39 is 12.4 Å². The molecule has 0 bridgehead atoms. The summed E-state index contributed by atoms with van der Waals surface area (Å²) >= 11 is 5.29. The van der Waals surface area contributed by atoms with Gasteiger partial charge in [0.05, 0.1) is 0 Å². The zero-order valence-electron chi connectivity index (χ0n) is 9.59. The summed E-state index contributed by atoms with van der Waals surface area (Å²) in [4.78, 5) is 0. The number of rotatable bonds is 4. The molecular formula is C10H10BClF3KO. The monoisotopic (exact) mass is 288 g/mol. The standard InChI is InChI=1S/C10H10BClF3O.K/c1-8-7-9(11(13,14)15)3-4-10(8)16-6-2-5-12;/h2-5,7H,6H2,1H3;/q-1;+1/b5-2+;. The van der Waals surface area contributed by atoms with Gasteiger partial charge in [0, 0.05) is 5.54 Å². The zero-order valence-corrected chi connectivity index (χ0v) is 13.5. The van der Waals surface area contributed by atoms with Crippen molar-refractivity contribution in [1.29, 1.82) is 0 Å². The topological polar surface area (TPSA) is 9.23 Å². The fourth-order valence-electron chi connectivity index (χ4n) is 1.21. The number of hydrogen-bond donors (Lipinski definition) is 0. The number of ether oxygens (including phenoxy) is 1. The predicted molar refractivity (Wildman–Crippen MR) is 60.4 cm³/mol. The molecule has 0 heterocycles. The molecule has 0 aromatic heterocycles. The molecule has 0 fully saturated rings. The number of halogens is 4. The van der Waals surface area contributed by atoms with E-state index in [0.717, 1.165) is 12.1 Å².